The summed E-state index contributed by atoms with van der Waals surface area (Å²) in [4.78, 5) is 31.9. The van der Waals surface area contributed by atoms with E-state index in [9.17, 15) is 9.59 Å². The first-order valence-electron chi connectivity index (χ1n) is 10.7. The number of rotatable bonds is 5. The van der Waals surface area contributed by atoms with Gasteiger partial charge >= 0.3 is 0 Å². The zero-order chi connectivity index (χ0) is 19.7. The standard InChI is InChI=1S/C22H32N4O2/c1-2-24-10-6-9-18(24)13-25-12-17(11-21(25)27)22(28)26-14-19(20(23)15-26)16-7-4-3-5-8-16/h3-5,7-8,17-20H,2,6,9-15,23H2,1H3/t17?,18?,19-,20+/m0/s1. The number of nitrogens with zero attached hydrogens (tertiary/aromatic N) is 3. The van der Waals surface area contributed by atoms with E-state index in [0.717, 1.165) is 26.1 Å². The van der Waals surface area contributed by atoms with Gasteiger partial charge in [-0.1, -0.05) is 37.3 Å². The summed E-state index contributed by atoms with van der Waals surface area (Å²) in [5.74, 6) is 0.188. The highest BCUT2D eigenvalue weighted by Crippen LogP contribution is 2.30. The largest absolute Gasteiger partial charge is 0.340 e. The average molecular weight is 385 g/mol. The van der Waals surface area contributed by atoms with Crippen LogP contribution in [0.25, 0.3) is 0 Å². The number of amides is 2. The van der Waals surface area contributed by atoms with E-state index in [1.807, 2.05) is 28.0 Å². The monoisotopic (exact) mass is 384 g/mol. The summed E-state index contributed by atoms with van der Waals surface area (Å²) >= 11 is 0. The normalized spacial score (nSPS) is 31.1. The zero-order valence-corrected chi connectivity index (χ0v) is 16.8. The Morgan fingerprint density at radius 2 is 1.96 bits per heavy atom. The molecule has 3 aliphatic heterocycles. The maximum absolute atomic E-state index is 13.1. The summed E-state index contributed by atoms with van der Waals surface area (Å²) in [5.41, 5.74) is 7.55. The summed E-state index contributed by atoms with van der Waals surface area (Å²) in [6.07, 6.45) is 2.70. The lowest BCUT2D eigenvalue weighted by atomic mass is 9.95. The van der Waals surface area contributed by atoms with Gasteiger partial charge in [0.1, 0.15) is 0 Å². The van der Waals surface area contributed by atoms with E-state index in [1.54, 1.807) is 0 Å². The minimum absolute atomic E-state index is 0.0452. The maximum atomic E-state index is 13.1. The lowest BCUT2D eigenvalue weighted by molar-refractivity contribution is -0.134. The number of nitrogens with two attached hydrogens (primary N) is 1. The Kier molecular flexibility index (Phi) is 5.69. The molecule has 1 aromatic rings. The van der Waals surface area contributed by atoms with E-state index < -0.39 is 0 Å². The van der Waals surface area contributed by atoms with Gasteiger partial charge in [-0.2, -0.15) is 0 Å². The maximum Gasteiger partial charge on any atom is 0.228 e. The topological polar surface area (TPSA) is 69.9 Å². The number of hydrogen-bond acceptors (Lipinski definition) is 4. The third kappa shape index (κ3) is 3.80. The number of benzene rings is 1. The summed E-state index contributed by atoms with van der Waals surface area (Å²) in [5, 5.41) is 0. The van der Waals surface area contributed by atoms with Crippen LogP contribution in [0.2, 0.25) is 0 Å². The molecule has 3 fully saturated rings. The Balaban J connectivity index is 1.36. The molecule has 3 heterocycles. The average Bonchev–Trinajstić information content (AvgIpc) is 3.41. The first-order valence-corrected chi connectivity index (χ1v) is 10.7. The lowest BCUT2D eigenvalue weighted by Crippen LogP contribution is -2.42. The minimum Gasteiger partial charge on any atom is -0.340 e. The zero-order valence-electron chi connectivity index (χ0n) is 16.8. The number of hydrogen-bond donors (Lipinski definition) is 1. The van der Waals surface area contributed by atoms with Gasteiger partial charge in [0.2, 0.25) is 11.8 Å². The molecule has 28 heavy (non-hydrogen) atoms. The van der Waals surface area contributed by atoms with Crippen molar-refractivity contribution in [3.63, 3.8) is 0 Å². The van der Waals surface area contributed by atoms with Crippen LogP contribution >= 0.6 is 0 Å². The summed E-state index contributed by atoms with van der Waals surface area (Å²) in [7, 11) is 0. The molecule has 2 N–H and O–H groups in total. The van der Waals surface area contributed by atoms with Gasteiger partial charge in [0.15, 0.2) is 0 Å². The number of carbonyl (C=O) groups is 2. The Bertz CT molecular complexity index is 710. The van der Waals surface area contributed by atoms with Crippen LogP contribution in [-0.4, -0.2) is 77.9 Å². The molecule has 0 bridgehead atoms. The van der Waals surface area contributed by atoms with Gasteiger partial charge < -0.3 is 15.5 Å². The SMILES string of the molecule is CCN1CCCC1CN1CC(C(=O)N2C[C@@H](N)[C@H](c3ccccc3)C2)CC1=O. The van der Waals surface area contributed by atoms with Crippen LogP contribution in [0.1, 0.15) is 37.7 Å². The molecule has 3 saturated heterocycles. The fourth-order valence-corrected chi connectivity index (χ4v) is 5.21. The van der Waals surface area contributed by atoms with E-state index in [-0.39, 0.29) is 29.7 Å². The predicted molar refractivity (Wildman–Crippen MR) is 109 cm³/mol. The first-order chi connectivity index (χ1) is 13.6. The fourth-order valence-electron chi connectivity index (χ4n) is 5.21. The highest BCUT2D eigenvalue weighted by Gasteiger charge is 2.41. The molecule has 0 aliphatic carbocycles. The van der Waals surface area contributed by atoms with Gasteiger partial charge in [0.25, 0.3) is 0 Å². The van der Waals surface area contributed by atoms with Crippen molar-refractivity contribution < 1.29 is 9.59 Å². The second-order valence-corrected chi connectivity index (χ2v) is 8.55. The summed E-state index contributed by atoms with van der Waals surface area (Å²) < 4.78 is 0. The number of likely N-dealkylation sites (tertiary alicyclic amines) is 3. The van der Waals surface area contributed by atoms with Crippen LogP contribution in [0.15, 0.2) is 30.3 Å². The first kappa shape index (κ1) is 19.4. The molecule has 0 saturated carbocycles. The van der Waals surface area contributed by atoms with Crippen molar-refractivity contribution in [3.05, 3.63) is 35.9 Å². The highest BCUT2D eigenvalue weighted by molar-refractivity contribution is 5.89. The molecule has 3 aliphatic rings. The van der Waals surface area contributed by atoms with Crippen molar-refractivity contribution in [1.29, 1.82) is 0 Å². The van der Waals surface area contributed by atoms with Crippen molar-refractivity contribution in [2.24, 2.45) is 11.7 Å². The van der Waals surface area contributed by atoms with Crippen LogP contribution < -0.4 is 5.73 Å². The molecule has 2 amide bonds. The molecule has 6 heteroatoms. The van der Waals surface area contributed by atoms with Crippen LogP contribution in [0.3, 0.4) is 0 Å². The van der Waals surface area contributed by atoms with Crippen molar-refractivity contribution in [3.8, 4) is 0 Å². The van der Waals surface area contributed by atoms with Crippen molar-refractivity contribution in [2.45, 2.75) is 44.2 Å². The van der Waals surface area contributed by atoms with Gasteiger partial charge in [-0.25, -0.2) is 0 Å². The second kappa shape index (κ2) is 8.21. The molecule has 4 atom stereocenters. The van der Waals surface area contributed by atoms with E-state index in [2.05, 4.69) is 24.0 Å². The smallest absolute Gasteiger partial charge is 0.228 e. The van der Waals surface area contributed by atoms with Gasteiger partial charge in [-0.15, -0.1) is 0 Å². The summed E-state index contributed by atoms with van der Waals surface area (Å²) in [6.45, 7) is 6.89. The molecule has 0 aromatic heterocycles. The fraction of sp³-hybridized carbons (Fsp3) is 0.636. The van der Waals surface area contributed by atoms with Crippen LogP contribution in [0.4, 0.5) is 0 Å². The Morgan fingerprint density at radius 3 is 2.71 bits per heavy atom. The number of carbonyl (C=O) groups excluding carboxylic acids is 2. The molecule has 4 rings (SSSR count). The van der Waals surface area contributed by atoms with Crippen molar-refractivity contribution in [1.82, 2.24) is 14.7 Å². The molecule has 2 unspecified atom stereocenters. The van der Waals surface area contributed by atoms with Gasteiger partial charge in [0.05, 0.1) is 5.92 Å². The molecule has 1 aromatic carbocycles. The molecule has 0 radical (unpaired) electrons. The minimum atomic E-state index is -0.217. The van der Waals surface area contributed by atoms with Crippen molar-refractivity contribution >= 4 is 11.8 Å². The van der Waals surface area contributed by atoms with Crippen molar-refractivity contribution in [2.75, 3.05) is 39.3 Å². The van der Waals surface area contributed by atoms with Crippen LogP contribution in [-0.2, 0) is 9.59 Å². The molecule has 6 nitrogen and oxygen atoms in total. The third-order valence-electron chi connectivity index (χ3n) is 6.80. The van der Waals surface area contributed by atoms with Gasteiger partial charge in [-0.3, -0.25) is 14.5 Å². The highest BCUT2D eigenvalue weighted by atomic mass is 16.2. The Morgan fingerprint density at radius 1 is 1.18 bits per heavy atom. The quantitative estimate of drug-likeness (QED) is 0.830. The predicted octanol–water partition coefficient (Wildman–Crippen LogP) is 1.27. The molecule has 152 valence electrons. The molecular weight excluding hydrogens is 352 g/mol. The van der Waals surface area contributed by atoms with E-state index in [1.165, 1.54) is 12.0 Å². The van der Waals surface area contributed by atoms with E-state index >= 15 is 0 Å². The summed E-state index contributed by atoms with van der Waals surface area (Å²) in [6, 6.07) is 10.6. The second-order valence-electron chi connectivity index (χ2n) is 8.55. The van der Waals surface area contributed by atoms with Crippen LogP contribution in [0.5, 0.6) is 0 Å². The Labute approximate surface area is 167 Å². The van der Waals surface area contributed by atoms with E-state index in [0.29, 0.717) is 32.1 Å². The molecular formula is C22H32N4O2. The Hall–Kier alpha value is -1.92. The number of likely N-dealkylation sites (N-methyl/N-ethyl adjacent to an activating group) is 1. The van der Waals surface area contributed by atoms with E-state index in [4.69, 9.17) is 5.73 Å². The lowest BCUT2D eigenvalue weighted by Gasteiger charge is -2.28. The van der Waals surface area contributed by atoms with Gasteiger partial charge in [-0.05, 0) is 31.5 Å². The third-order valence-corrected chi connectivity index (χ3v) is 6.80. The van der Waals surface area contributed by atoms with Gasteiger partial charge in [0, 0.05) is 50.6 Å². The molecule has 0 spiro atoms. The van der Waals surface area contributed by atoms with Crippen LogP contribution in [0, 0.1) is 5.92 Å².